The molecule has 4 rings (SSSR count). The summed E-state index contributed by atoms with van der Waals surface area (Å²) in [4.78, 5) is 29.7. The number of hydrogen-bond acceptors (Lipinski definition) is 4. The summed E-state index contributed by atoms with van der Waals surface area (Å²) in [5.74, 6) is 0.178. The number of carbonyl (C=O) groups is 1. The molecule has 0 spiro atoms. The summed E-state index contributed by atoms with van der Waals surface area (Å²) in [5, 5.41) is 6.13. The fourth-order valence-electron chi connectivity index (χ4n) is 3.22. The van der Waals surface area contributed by atoms with E-state index in [0.717, 1.165) is 29.5 Å². The molecule has 6 heteroatoms. The Morgan fingerprint density at radius 3 is 2.69 bits per heavy atom. The van der Waals surface area contributed by atoms with Crippen LogP contribution in [0.25, 0.3) is 5.69 Å². The van der Waals surface area contributed by atoms with Crippen LogP contribution in [0.3, 0.4) is 0 Å². The molecule has 1 aromatic heterocycles. The van der Waals surface area contributed by atoms with Crippen molar-refractivity contribution in [3.05, 3.63) is 87.5 Å². The average molecular weight is 388 g/mol. The quantitative estimate of drug-likeness (QED) is 0.679. The van der Waals surface area contributed by atoms with Crippen LogP contribution in [0.1, 0.15) is 39.9 Å². The van der Waals surface area contributed by atoms with Crippen molar-refractivity contribution in [1.82, 2.24) is 14.9 Å². The van der Waals surface area contributed by atoms with Crippen molar-refractivity contribution in [3.8, 4) is 5.69 Å². The highest BCUT2D eigenvalue weighted by atomic mass is 16.2. The van der Waals surface area contributed by atoms with Gasteiger partial charge in [0.15, 0.2) is 5.82 Å². The molecule has 1 aliphatic rings. The molecule has 1 saturated carbocycles. The Morgan fingerprint density at radius 1 is 1.14 bits per heavy atom. The number of benzene rings is 2. The third kappa shape index (κ3) is 4.21. The minimum atomic E-state index is -0.246. The Bertz CT molecular complexity index is 1120. The van der Waals surface area contributed by atoms with Crippen LogP contribution in [0.15, 0.2) is 59.7 Å². The van der Waals surface area contributed by atoms with Gasteiger partial charge in [-0.15, -0.1) is 0 Å². The zero-order chi connectivity index (χ0) is 20.4. The molecule has 1 amide bonds. The Kier molecular flexibility index (Phi) is 5.16. The number of carbonyl (C=O) groups excluding carboxylic acids is 1. The maximum atomic E-state index is 13.0. The van der Waals surface area contributed by atoms with Crippen LogP contribution >= 0.6 is 0 Å². The lowest BCUT2D eigenvalue weighted by molar-refractivity contribution is 0.0951. The van der Waals surface area contributed by atoms with E-state index in [1.807, 2.05) is 44.2 Å². The highest BCUT2D eigenvalue weighted by Gasteiger charge is 2.24. The summed E-state index contributed by atoms with van der Waals surface area (Å²) in [6.07, 6.45) is 5.29. The van der Waals surface area contributed by atoms with Crippen LogP contribution < -0.4 is 16.2 Å². The lowest BCUT2D eigenvalue weighted by Crippen LogP contribution is -2.26. The highest BCUT2D eigenvalue weighted by Crippen LogP contribution is 2.21. The third-order valence-electron chi connectivity index (χ3n) is 5.19. The molecule has 0 atom stereocenters. The fraction of sp³-hybridized carbons (Fsp3) is 0.261. The number of nitrogens with zero attached hydrogens (tertiary/aromatic N) is 2. The lowest BCUT2D eigenvalue weighted by Gasteiger charge is -2.13. The van der Waals surface area contributed by atoms with Gasteiger partial charge in [-0.25, -0.2) is 4.98 Å². The minimum Gasteiger partial charge on any atom is -0.361 e. The molecule has 148 valence electrons. The number of aryl methyl sites for hydroxylation is 2. The molecule has 3 aromatic rings. The van der Waals surface area contributed by atoms with E-state index in [2.05, 4.69) is 15.6 Å². The van der Waals surface area contributed by atoms with Crippen LogP contribution in [-0.2, 0) is 6.54 Å². The van der Waals surface area contributed by atoms with Crippen molar-refractivity contribution in [2.45, 2.75) is 39.3 Å². The maximum absolute atomic E-state index is 13.0. The van der Waals surface area contributed by atoms with Gasteiger partial charge in [0.25, 0.3) is 11.5 Å². The molecular formula is C23H24N4O2. The summed E-state index contributed by atoms with van der Waals surface area (Å²) >= 11 is 0. The van der Waals surface area contributed by atoms with E-state index in [0.29, 0.717) is 17.8 Å². The summed E-state index contributed by atoms with van der Waals surface area (Å²) in [5.41, 5.74) is 4.16. The first-order chi connectivity index (χ1) is 14.0. The summed E-state index contributed by atoms with van der Waals surface area (Å²) in [6.45, 7) is 4.47. The van der Waals surface area contributed by atoms with Crippen molar-refractivity contribution < 1.29 is 4.79 Å². The zero-order valence-electron chi connectivity index (χ0n) is 16.6. The Balaban J connectivity index is 1.62. The van der Waals surface area contributed by atoms with Gasteiger partial charge >= 0.3 is 0 Å². The fourth-order valence-corrected chi connectivity index (χ4v) is 3.22. The van der Waals surface area contributed by atoms with Gasteiger partial charge < -0.3 is 10.6 Å². The molecule has 1 aliphatic carbocycles. The van der Waals surface area contributed by atoms with Crippen LogP contribution in [0.4, 0.5) is 5.82 Å². The van der Waals surface area contributed by atoms with E-state index in [-0.39, 0.29) is 23.3 Å². The average Bonchev–Trinajstić information content (AvgIpc) is 3.53. The number of aromatic nitrogens is 2. The maximum Gasteiger partial charge on any atom is 0.297 e. The molecular weight excluding hydrogens is 364 g/mol. The zero-order valence-corrected chi connectivity index (χ0v) is 16.6. The number of rotatable bonds is 6. The monoisotopic (exact) mass is 388 g/mol. The van der Waals surface area contributed by atoms with Crippen molar-refractivity contribution in [3.63, 3.8) is 0 Å². The van der Waals surface area contributed by atoms with E-state index in [4.69, 9.17) is 0 Å². The molecule has 2 N–H and O–H groups in total. The van der Waals surface area contributed by atoms with Crippen molar-refractivity contribution in [2.75, 3.05) is 5.32 Å². The molecule has 0 radical (unpaired) electrons. The normalized spacial score (nSPS) is 13.2. The Labute approximate surface area is 169 Å². The van der Waals surface area contributed by atoms with Crippen LogP contribution in [0.5, 0.6) is 0 Å². The third-order valence-corrected chi connectivity index (χ3v) is 5.19. The van der Waals surface area contributed by atoms with Gasteiger partial charge in [0.2, 0.25) is 0 Å². The molecule has 6 nitrogen and oxygen atoms in total. The lowest BCUT2D eigenvalue weighted by atomic mass is 10.1. The van der Waals surface area contributed by atoms with Gasteiger partial charge in [-0.3, -0.25) is 14.2 Å². The standard InChI is InChI=1S/C23H24N4O2/c1-15-5-3-4-6-18(15)14-25-21-23(29)27(12-11-24-21)20-13-17(8-7-16(20)2)22(28)26-19-9-10-19/h3-8,11-13,19H,9-10,14H2,1-2H3,(H,24,25)(H,26,28). The molecule has 0 aliphatic heterocycles. The highest BCUT2D eigenvalue weighted by molar-refractivity contribution is 5.95. The summed E-state index contributed by atoms with van der Waals surface area (Å²) in [6, 6.07) is 13.7. The molecule has 29 heavy (non-hydrogen) atoms. The van der Waals surface area contributed by atoms with Gasteiger partial charge in [-0.05, 0) is 55.5 Å². The predicted octanol–water partition coefficient (Wildman–Crippen LogP) is 3.35. The second-order valence-electron chi connectivity index (χ2n) is 7.48. The van der Waals surface area contributed by atoms with E-state index in [1.165, 1.54) is 4.57 Å². The molecule has 0 unspecified atom stereocenters. The first kappa shape index (κ1) is 18.9. The van der Waals surface area contributed by atoms with E-state index < -0.39 is 0 Å². The van der Waals surface area contributed by atoms with Crippen molar-refractivity contribution in [1.29, 1.82) is 0 Å². The van der Waals surface area contributed by atoms with E-state index in [1.54, 1.807) is 24.5 Å². The SMILES string of the molecule is Cc1ccccc1CNc1nccn(-c2cc(C(=O)NC3CC3)ccc2C)c1=O. The first-order valence-electron chi connectivity index (χ1n) is 9.81. The van der Waals surface area contributed by atoms with Crippen molar-refractivity contribution in [2.24, 2.45) is 0 Å². The smallest absolute Gasteiger partial charge is 0.297 e. The molecule has 1 fully saturated rings. The number of nitrogens with one attached hydrogen (secondary N) is 2. The minimum absolute atomic E-state index is 0.103. The van der Waals surface area contributed by atoms with Crippen LogP contribution in [-0.4, -0.2) is 21.5 Å². The van der Waals surface area contributed by atoms with Gasteiger partial charge in [-0.1, -0.05) is 30.3 Å². The molecule has 2 aromatic carbocycles. The topological polar surface area (TPSA) is 76.0 Å². The number of anilines is 1. The van der Waals surface area contributed by atoms with Gasteiger partial charge in [-0.2, -0.15) is 0 Å². The summed E-state index contributed by atoms with van der Waals surface area (Å²) < 4.78 is 1.54. The molecule has 0 bridgehead atoms. The summed E-state index contributed by atoms with van der Waals surface area (Å²) in [7, 11) is 0. The molecule has 1 heterocycles. The second kappa shape index (κ2) is 7.91. The Hall–Kier alpha value is -3.41. The van der Waals surface area contributed by atoms with Crippen molar-refractivity contribution >= 4 is 11.7 Å². The van der Waals surface area contributed by atoms with Crippen LogP contribution in [0.2, 0.25) is 0 Å². The molecule has 0 saturated heterocycles. The second-order valence-corrected chi connectivity index (χ2v) is 7.48. The van der Waals surface area contributed by atoms with Gasteiger partial charge in [0.05, 0.1) is 5.69 Å². The van der Waals surface area contributed by atoms with Crippen LogP contribution in [0, 0.1) is 13.8 Å². The number of amides is 1. The van der Waals surface area contributed by atoms with Gasteiger partial charge in [0.1, 0.15) is 0 Å². The largest absolute Gasteiger partial charge is 0.361 e. The van der Waals surface area contributed by atoms with E-state index in [9.17, 15) is 9.59 Å². The first-order valence-corrected chi connectivity index (χ1v) is 9.81. The van der Waals surface area contributed by atoms with Gasteiger partial charge in [0, 0.05) is 30.5 Å². The predicted molar refractivity (Wildman–Crippen MR) is 114 cm³/mol. The number of hydrogen-bond donors (Lipinski definition) is 2. The van der Waals surface area contributed by atoms with E-state index >= 15 is 0 Å². The Morgan fingerprint density at radius 2 is 1.93 bits per heavy atom.